The number of benzene rings is 1. The van der Waals surface area contributed by atoms with Gasteiger partial charge in [0.15, 0.2) is 0 Å². The smallest absolute Gasteiger partial charge is 0.296 e. The van der Waals surface area contributed by atoms with E-state index in [9.17, 15) is 14.0 Å². The highest BCUT2D eigenvalue weighted by Crippen LogP contribution is 2.28. The summed E-state index contributed by atoms with van der Waals surface area (Å²) in [6.45, 7) is 0. The maximum Gasteiger partial charge on any atom is 0.296 e. The average molecular weight is 244 g/mol. The number of carbonyl (C=O) groups is 2. The number of Topliss-reactive ketones (excluding diaryl/α,β-unsaturated/α-hetero) is 1. The van der Waals surface area contributed by atoms with E-state index in [2.05, 4.69) is 21.2 Å². The standard InChI is InChI=1S/C8H3BrFNO2/c9-4-2-6-3(1-5(4)10)7(12)8(13)11-6/h1-2H,(H,11,12,13). The van der Waals surface area contributed by atoms with E-state index in [1.807, 2.05) is 0 Å². The van der Waals surface area contributed by atoms with Crippen LogP contribution in [0.4, 0.5) is 10.1 Å². The fourth-order valence-electron chi connectivity index (χ4n) is 1.14. The lowest BCUT2D eigenvalue weighted by molar-refractivity contribution is -0.112. The normalized spacial score (nSPS) is 14.3. The lowest BCUT2D eigenvalue weighted by Gasteiger charge is -1.98. The molecule has 0 atom stereocenters. The summed E-state index contributed by atoms with van der Waals surface area (Å²) in [7, 11) is 0. The van der Waals surface area contributed by atoms with E-state index >= 15 is 0 Å². The largest absolute Gasteiger partial charge is 0.318 e. The van der Waals surface area contributed by atoms with Gasteiger partial charge in [0.05, 0.1) is 15.7 Å². The van der Waals surface area contributed by atoms with Crippen LogP contribution in [0.2, 0.25) is 0 Å². The highest BCUT2D eigenvalue weighted by Gasteiger charge is 2.28. The van der Waals surface area contributed by atoms with Gasteiger partial charge < -0.3 is 5.32 Å². The quantitative estimate of drug-likeness (QED) is 0.706. The van der Waals surface area contributed by atoms with Crippen LogP contribution >= 0.6 is 15.9 Å². The molecule has 0 saturated carbocycles. The van der Waals surface area contributed by atoms with E-state index < -0.39 is 17.5 Å². The summed E-state index contributed by atoms with van der Waals surface area (Å²) < 4.78 is 13.2. The Morgan fingerprint density at radius 2 is 2.00 bits per heavy atom. The van der Waals surface area contributed by atoms with Crippen LogP contribution in [-0.2, 0) is 4.79 Å². The topological polar surface area (TPSA) is 46.2 Å². The van der Waals surface area contributed by atoms with Crippen LogP contribution in [0.15, 0.2) is 16.6 Å². The highest BCUT2D eigenvalue weighted by molar-refractivity contribution is 9.10. The van der Waals surface area contributed by atoms with Crippen LogP contribution in [0.3, 0.4) is 0 Å². The molecule has 3 nitrogen and oxygen atoms in total. The fourth-order valence-corrected chi connectivity index (χ4v) is 1.48. The van der Waals surface area contributed by atoms with Crippen LogP contribution in [0.25, 0.3) is 0 Å². The Morgan fingerprint density at radius 1 is 1.31 bits per heavy atom. The van der Waals surface area contributed by atoms with E-state index in [1.165, 1.54) is 6.07 Å². The summed E-state index contributed by atoms with van der Waals surface area (Å²) in [6, 6.07) is 2.41. The molecule has 66 valence electrons. The van der Waals surface area contributed by atoms with Crippen molar-refractivity contribution in [1.29, 1.82) is 0 Å². The minimum absolute atomic E-state index is 0.0886. The Kier molecular flexibility index (Phi) is 1.69. The van der Waals surface area contributed by atoms with Gasteiger partial charge in [0, 0.05) is 0 Å². The third-order valence-electron chi connectivity index (χ3n) is 1.76. The third kappa shape index (κ3) is 1.16. The van der Waals surface area contributed by atoms with E-state index in [-0.39, 0.29) is 10.0 Å². The van der Waals surface area contributed by atoms with Crippen molar-refractivity contribution in [1.82, 2.24) is 0 Å². The zero-order valence-electron chi connectivity index (χ0n) is 6.23. The molecule has 2 rings (SSSR count). The zero-order chi connectivity index (χ0) is 9.59. The van der Waals surface area contributed by atoms with Crippen molar-refractivity contribution >= 4 is 33.3 Å². The van der Waals surface area contributed by atoms with Crippen molar-refractivity contribution in [2.24, 2.45) is 0 Å². The van der Waals surface area contributed by atoms with Crippen LogP contribution in [0, 0.1) is 5.82 Å². The molecule has 1 amide bonds. The van der Waals surface area contributed by atoms with Gasteiger partial charge in [0.2, 0.25) is 0 Å². The molecule has 1 aromatic carbocycles. The maximum atomic E-state index is 12.9. The number of carbonyl (C=O) groups excluding carboxylic acids is 2. The molecule has 0 aromatic heterocycles. The van der Waals surface area contributed by atoms with E-state index in [0.29, 0.717) is 5.69 Å². The second-order valence-corrected chi connectivity index (χ2v) is 3.45. The molecule has 1 heterocycles. The summed E-state index contributed by atoms with van der Waals surface area (Å²) >= 11 is 2.95. The molecule has 0 radical (unpaired) electrons. The van der Waals surface area contributed by atoms with Gasteiger partial charge >= 0.3 is 0 Å². The second-order valence-electron chi connectivity index (χ2n) is 2.60. The molecule has 0 fully saturated rings. The van der Waals surface area contributed by atoms with Crippen molar-refractivity contribution < 1.29 is 14.0 Å². The van der Waals surface area contributed by atoms with E-state index in [4.69, 9.17) is 0 Å². The summed E-state index contributed by atoms with van der Waals surface area (Å²) in [4.78, 5) is 21.9. The summed E-state index contributed by atoms with van der Waals surface area (Å²) in [5, 5.41) is 2.33. The van der Waals surface area contributed by atoms with Gasteiger partial charge in [-0.2, -0.15) is 0 Å². The lowest BCUT2D eigenvalue weighted by Crippen LogP contribution is -2.12. The molecule has 1 aliphatic heterocycles. The van der Waals surface area contributed by atoms with Crippen LogP contribution in [-0.4, -0.2) is 11.7 Å². The number of hydrogen-bond donors (Lipinski definition) is 1. The van der Waals surface area contributed by atoms with Crippen molar-refractivity contribution in [3.05, 3.63) is 28.0 Å². The van der Waals surface area contributed by atoms with Gasteiger partial charge in [-0.25, -0.2) is 4.39 Å². The summed E-state index contributed by atoms with van der Waals surface area (Å²) in [5.41, 5.74) is 0.439. The minimum Gasteiger partial charge on any atom is -0.318 e. The first-order valence-corrected chi connectivity index (χ1v) is 4.23. The highest BCUT2D eigenvalue weighted by atomic mass is 79.9. The van der Waals surface area contributed by atoms with Crippen molar-refractivity contribution in [2.75, 3.05) is 5.32 Å². The Hall–Kier alpha value is -1.23. The predicted octanol–water partition coefficient (Wildman–Crippen LogP) is 1.72. The molecule has 0 spiro atoms. The summed E-state index contributed by atoms with van der Waals surface area (Å²) in [6.07, 6.45) is 0. The number of halogens is 2. The number of anilines is 1. The summed E-state index contributed by atoms with van der Waals surface area (Å²) in [5.74, 6) is -1.96. The number of amides is 1. The van der Waals surface area contributed by atoms with Crippen LogP contribution in [0.5, 0.6) is 0 Å². The Labute approximate surface area is 81.1 Å². The molecule has 1 aromatic rings. The first-order chi connectivity index (χ1) is 6.09. The van der Waals surface area contributed by atoms with E-state index in [1.54, 1.807) is 0 Å². The molecular formula is C8H3BrFNO2. The molecule has 5 heteroatoms. The maximum absolute atomic E-state index is 12.9. The van der Waals surface area contributed by atoms with Gasteiger partial charge in [-0.05, 0) is 28.1 Å². The van der Waals surface area contributed by atoms with Gasteiger partial charge in [-0.15, -0.1) is 0 Å². The van der Waals surface area contributed by atoms with Crippen LogP contribution in [0.1, 0.15) is 10.4 Å². The molecule has 0 aliphatic carbocycles. The third-order valence-corrected chi connectivity index (χ3v) is 2.37. The van der Waals surface area contributed by atoms with Gasteiger partial charge in [0.25, 0.3) is 11.7 Å². The second kappa shape index (κ2) is 2.63. The minimum atomic E-state index is -0.715. The van der Waals surface area contributed by atoms with Gasteiger partial charge in [-0.1, -0.05) is 0 Å². The zero-order valence-corrected chi connectivity index (χ0v) is 7.81. The van der Waals surface area contributed by atoms with Crippen molar-refractivity contribution in [3.8, 4) is 0 Å². The number of hydrogen-bond acceptors (Lipinski definition) is 2. The predicted molar refractivity (Wildman–Crippen MR) is 47.1 cm³/mol. The van der Waals surface area contributed by atoms with Crippen molar-refractivity contribution in [2.45, 2.75) is 0 Å². The first kappa shape index (κ1) is 8.37. The molecular weight excluding hydrogens is 241 g/mol. The van der Waals surface area contributed by atoms with Gasteiger partial charge in [-0.3, -0.25) is 9.59 Å². The fraction of sp³-hybridized carbons (Fsp3) is 0. The molecule has 0 unspecified atom stereocenters. The Balaban J connectivity index is 2.66. The van der Waals surface area contributed by atoms with Crippen LogP contribution < -0.4 is 5.32 Å². The average Bonchev–Trinajstić information content (AvgIpc) is 2.32. The SMILES string of the molecule is O=C1Nc2cc(Br)c(F)cc2C1=O. The molecule has 0 bridgehead atoms. The molecule has 0 saturated heterocycles. The molecule has 1 N–H and O–H groups in total. The number of nitrogens with one attached hydrogen (secondary N) is 1. The monoisotopic (exact) mass is 243 g/mol. The number of fused-ring (bicyclic) bond motifs is 1. The first-order valence-electron chi connectivity index (χ1n) is 3.44. The Morgan fingerprint density at radius 3 is 2.69 bits per heavy atom. The number of ketones is 1. The molecule has 1 aliphatic rings. The van der Waals surface area contributed by atoms with Gasteiger partial charge in [0.1, 0.15) is 5.82 Å². The number of rotatable bonds is 0. The molecule has 13 heavy (non-hydrogen) atoms. The van der Waals surface area contributed by atoms with E-state index in [0.717, 1.165) is 6.07 Å². The van der Waals surface area contributed by atoms with Crippen molar-refractivity contribution in [3.63, 3.8) is 0 Å². The lowest BCUT2D eigenvalue weighted by atomic mass is 10.1. The Bertz CT molecular complexity index is 430.